The molecule has 5 nitrogen and oxygen atoms in total. The number of ether oxygens (including phenoxy) is 1. The van der Waals surface area contributed by atoms with Gasteiger partial charge in [0.2, 0.25) is 0 Å². The monoisotopic (exact) mass is 238 g/mol. The van der Waals surface area contributed by atoms with Gasteiger partial charge in [0.25, 0.3) is 0 Å². The van der Waals surface area contributed by atoms with E-state index in [0.717, 1.165) is 24.7 Å². The second-order valence-electron chi connectivity index (χ2n) is 4.88. The van der Waals surface area contributed by atoms with Gasteiger partial charge >= 0.3 is 0 Å². The molecule has 96 valence electrons. The van der Waals surface area contributed by atoms with Crippen molar-refractivity contribution in [2.75, 3.05) is 13.7 Å². The van der Waals surface area contributed by atoms with Crippen molar-refractivity contribution < 1.29 is 4.74 Å². The first-order chi connectivity index (χ1) is 8.40. The first-order valence-electron chi connectivity index (χ1n) is 6.64. The first kappa shape index (κ1) is 12.5. The van der Waals surface area contributed by atoms with Gasteiger partial charge in [-0.3, -0.25) is 0 Å². The van der Waals surface area contributed by atoms with Crippen molar-refractivity contribution in [1.29, 1.82) is 0 Å². The summed E-state index contributed by atoms with van der Waals surface area (Å²) >= 11 is 0. The Morgan fingerprint density at radius 1 is 1.24 bits per heavy atom. The second-order valence-corrected chi connectivity index (χ2v) is 4.88. The van der Waals surface area contributed by atoms with Crippen LogP contribution < -0.4 is 0 Å². The highest BCUT2D eigenvalue weighted by atomic mass is 16.5. The molecule has 1 saturated carbocycles. The highest BCUT2D eigenvalue weighted by Crippen LogP contribution is 2.24. The van der Waals surface area contributed by atoms with E-state index in [9.17, 15) is 0 Å². The van der Waals surface area contributed by atoms with E-state index in [2.05, 4.69) is 15.5 Å². The molecule has 0 aromatic carbocycles. The number of hydrogen-bond donors (Lipinski definition) is 0. The fourth-order valence-electron chi connectivity index (χ4n) is 2.53. The topological polar surface area (TPSA) is 52.8 Å². The largest absolute Gasteiger partial charge is 0.384 e. The van der Waals surface area contributed by atoms with Gasteiger partial charge in [-0.25, -0.2) is 4.68 Å². The molecular formula is C12H22N4O. The molecule has 0 atom stereocenters. The normalized spacial score (nSPS) is 18.2. The molecule has 1 fully saturated rings. The Bertz CT molecular complexity index is 318. The average Bonchev–Trinajstić information content (AvgIpc) is 2.61. The average molecular weight is 238 g/mol. The summed E-state index contributed by atoms with van der Waals surface area (Å²) in [5.74, 6) is 1.71. The van der Waals surface area contributed by atoms with Crippen LogP contribution in [0.4, 0.5) is 0 Å². The lowest BCUT2D eigenvalue weighted by Gasteiger charge is -2.14. The zero-order chi connectivity index (χ0) is 11.9. The zero-order valence-electron chi connectivity index (χ0n) is 10.6. The Kier molecular flexibility index (Phi) is 4.91. The lowest BCUT2D eigenvalue weighted by molar-refractivity contribution is 0.198. The number of methoxy groups -OCH3 is 1. The van der Waals surface area contributed by atoms with E-state index in [1.54, 1.807) is 7.11 Å². The van der Waals surface area contributed by atoms with Crippen molar-refractivity contribution in [2.24, 2.45) is 5.92 Å². The number of nitrogens with zero attached hydrogens (tertiary/aromatic N) is 4. The second kappa shape index (κ2) is 6.69. The highest BCUT2D eigenvalue weighted by molar-refractivity contribution is 4.82. The first-order valence-corrected chi connectivity index (χ1v) is 6.64. The van der Waals surface area contributed by atoms with Crippen LogP contribution in [0.25, 0.3) is 0 Å². The highest BCUT2D eigenvalue weighted by Gasteiger charge is 2.15. The zero-order valence-corrected chi connectivity index (χ0v) is 10.6. The quantitative estimate of drug-likeness (QED) is 0.734. The Morgan fingerprint density at radius 3 is 2.71 bits per heavy atom. The lowest BCUT2D eigenvalue weighted by atomic mass is 10.0. The molecule has 1 aromatic rings. The third kappa shape index (κ3) is 3.77. The summed E-state index contributed by atoms with van der Waals surface area (Å²) in [5, 5.41) is 11.9. The standard InChI is InChI=1S/C12H22N4O/c1-17-9-8-12-13-14-15-16(12)10-11-6-4-2-3-5-7-11/h11H,2-10H2,1H3. The number of tetrazole rings is 1. The van der Waals surface area contributed by atoms with Crippen molar-refractivity contribution in [3.8, 4) is 0 Å². The van der Waals surface area contributed by atoms with Gasteiger partial charge < -0.3 is 4.74 Å². The molecule has 0 amide bonds. The van der Waals surface area contributed by atoms with Crippen LogP contribution in [0.5, 0.6) is 0 Å². The molecule has 1 aliphatic carbocycles. The number of aromatic nitrogens is 4. The van der Waals surface area contributed by atoms with Gasteiger partial charge in [-0.05, 0) is 29.2 Å². The van der Waals surface area contributed by atoms with Gasteiger partial charge in [-0.15, -0.1) is 5.10 Å². The van der Waals surface area contributed by atoms with Gasteiger partial charge in [-0.2, -0.15) is 0 Å². The Morgan fingerprint density at radius 2 is 2.00 bits per heavy atom. The number of rotatable bonds is 5. The van der Waals surface area contributed by atoms with Gasteiger partial charge in [0.15, 0.2) is 5.82 Å². The minimum atomic E-state index is 0.686. The van der Waals surface area contributed by atoms with Crippen molar-refractivity contribution in [3.05, 3.63) is 5.82 Å². The van der Waals surface area contributed by atoms with Crippen LogP contribution in [0, 0.1) is 5.92 Å². The summed E-state index contributed by atoms with van der Waals surface area (Å²) in [6.45, 7) is 1.66. The third-order valence-corrected chi connectivity index (χ3v) is 3.54. The summed E-state index contributed by atoms with van der Waals surface area (Å²) in [6, 6.07) is 0. The molecule has 0 aliphatic heterocycles. The van der Waals surface area contributed by atoms with E-state index in [0.29, 0.717) is 6.61 Å². The van der Waals surface area contributed by atoms with E-state index >= 15 is 0 Å². The molecule has 0 N–H and O–H groups in total. The van der Waals surface area contributed by atoms with Crippen molar-refractivity contribution in [1.82, 2.24) is 20.2 Å². The lowest BCUT2D eigenvalue weighted by Crippen LogP contribution is -2.15. The summed E-state index contributed by atoms with van der Waals surface area (Å²) in [6.07, 6.45) is 8.95. The Balaban J connectivity index is 1.90. The summed E-state index contributed by atoms with van der Waals surface area (Å²) in [7, 11) is 1.71. The van der Waals surface area contributed by atoms with Crippen molar-refractivity contribution in [3.63, 3.8) is 0 Å². The minimum Gasteiger partial charge on any atom is -0.384 e. The molecule has 0 saturated heterocycles. The Hall–Kier alpha value is -0.970. The fourth-order valence-corrected chi connectivity index (χ4v) is 2.53. The van der Waals surface area contributed by atoms with E-state index in [4.69, 9.17) is 4.74 Å². The van der Waals surface area contributed by atoms with E-state index in [-0.39, 0.29) is 0 Å². The predicted molar refractivity (Wildman–Crippen MR) is 64.6 cm³/mol. The molecule has 0 spiro atoms. The predicted octanol–water partition coefficient (Wildman–Crippen LogP) is 1.83. The molecular weight excluding hydrogens is 216 g/mol. The molecule has 17 heavy (non-hydrogen) atoms. The fraction of sp³-hybridized carbons (Fsp3) is 0.917. The third-order valence-electron chi connectivity index (χ3n) is 3.54. The summed E-state index contributed by atoms with van der Waals surface area (Å²) in [4.78, 5) is 0. The van der Waals surface area contributed by atoms with Crippen LogP contribution in [0.1, 0.15) is 44.3 Å². The van der Waals surface area contributed by atoms with Crippen LogP contribution >= 0.6 is 0 Å². The SMILES string of the molecule is COCCc1nnnn1CC1CCCCCC1. The van der Waals surface area contributed by atoms with Gasteiger partial charge in [0.05, 0.1) is 6.61 Å². The summed E-state index contributed by atoms with van der Waals surface area (Å²) < 4.78 is 7.04. The molecule has 0 radical (unpaired) electrons. The molecule has 1 aliphatic rings. The summed E-state index contributed by atoms with van der Waals surface area (Å²) in [5.41, 5.74) is 0. The van der Waals surface area contributed by atoms with Crippen molar-refractivity contribution in [2.45, 2.75) is 51.5 Å². The van der Waals surface area contributed by atoms with E-state index in [1.807, 2.05) is 4.68 Å². The van der Waals surface area contributed by atoms with Crippen molar-refractivity contribution >= 4 is 0 Å². The smallest absolute Gasteiger partial charge is 0.153 e. The Labute approximate surface area is 103 Å². The molecule has 1 aromatic heterocycles. The molecule has 1 heterocycles. The van der Waals surface area contributed by atoms with Crippen LogP contribution in [-0.4, -0.2) is 33.9 Å². The van der Waals surface area contributed by atoms with Gasteiger partial charge in [0, 0.05) is 20.1 Å². The molecule has 5 heteroatoms. The molecule has 0 bridgehead atoms. The molecule has 0 unspecified atom stereocenters. The maximum absolute atomic E-state index is 5.07. The maximum Gasteiger partial charge on any atom is 0.153 e. The van der Waals surface area contributed by atoms with Crippen LogP contribution in [0.2, 0.25) is 0 Å². The van der Waals surface area contributed by atoms with Crippen LogP contribution in [-0.2, 0) is 17.7 Å². The van der Waals surface area contributed by atoms with E-state index in [1.165, 1.54) is 38.5 Å². The van der Waals surface area contributed by atoms with Gasteiger partial charge in [0.1, 0.15) is 0 Å². The van der Waals surface area contributed by atoms with E-state index < -0.39 is 0 Å². The maximum atomic E-state index is 5.07. The van der Waals surface area contributed by atoms with Gasteiger partial charge in [-0.1, -0.05) is 25.7 Å². The number of hydrogen-bond acceptors (Lipinski definition) is 4. The molecule has 2 rings (SSSR count). The minimum absolute atomic E-state index is 0.686. The van der Waals surface area contributed by atoms with Crippen LogP contribution in [0.15, 0.2) is 0 Å². The van der Waals surface area contributed by atoms with Crippen LogP contribution in [0.3, 0.4) is 0 Å².